The molecule has 4 rings (SSSR count). The van der Waals surface area contributed by atoms with E-state index in [1.165, 1.54) is 0 Å². The summed E-state index contributed by atoms with van der Waals surface area (Å²) in [7, 11) is 0. The Morgan fingerprint density at radius 3 is 2.66 bits per heavy atom. The van der Waals surface area contributed by atoms with Crippen molar-refractivity contribution in [2.45, 2.75) is 19.6 Å². The van der Waals surface area contributed by atoms with Crippen LogP contribution in [0.15, 0.2) is 53.5 Å². The molecular formula is C23H20N8O. The fourth-order valence-electron chi connectivity index (χ4n) is 3.50. The van der Waals surface area contributed by atoms with Gasteiger partial charge in [-0.3, -0.25) is 5.32 Å². The van der Waals surface area contributed by atoms with Crippen LogP contribution in [0.4, 0.5) is 17.3 Å². The number of aliphatic imine (C=N–C) groups is 1. The summed E-state index contributed by atoms with van der Waals surface area (Å²) in [5.74, 6) is 1.24. The lowest BCUT2D eigenvalue weighted by Crippen LogP contribution is -2.32. The van der Waals surface area contributed by atoms with Crippen molar-refractivity contribution < 1.29 is 4.74 Å². The van der Waals surface area contributed by atoms with E-state index in [9.17, 15) is 5.26 Å². The number of pyridine rings is 1. The van der Waals surface area contributed by atoms with E-state index >= 15 is 0 Å². The molecule has 3 aromatic rings. The molecule has 2 aromatic carbocycles. The van der Waals surface area contributed by atoms with E-state index in [0.717, 1.165) is 16.7 Å². The minimum Gasteiger partial charge on any atom is -0.489 e. The largest absolute Gasteiger partial charge is 0.489 e. The number of nitrogens with one attached hydrogen (secondary N) is 2. The highest BCUT2D eigenvalue weighted by Gasteiger charge is 2.30. The van der Waals surface area contributed by atoms with Gasteiger partial charge in [0.2, 0.25) is 5.96 Å². The minimum absolute atomic E-state index is 0.00370. The number of nitrogen functional groups attached to an aromatic ring is 2. The topological polar surface area (TPSA) is 158 Å². The third-order valence-corrected chi connectivity index (χ3v) is 5.12. The lowest BCUT2D eigenvalue weighted by molar-refractivity contribution is 0.303. The Morgan fingerprint density at radius 2 is 1.94 bits per heavy atom. The van der Waals surface area contributed by atoms with E-state index in [2.05, 4.69) is 20.6 Å². The number of guanidine groups is 1. The summed E-state index contributed by atoms with van der Waals surface area (Å²) in [6.45, 7) is 2.37. The normalized spacial score (nSPS) is 14.2. The molecule has 1 aliphatic rings. The molecule has 0 aliphatic carbocycles. The van der Waals surface area contributed by atoms with Crippen LogP contribution in [0.3, 0.4) is 0 Å². The van der Waals surface area contributed by atoms with Crippen LogP contribution in [0, 0.1) is 29.7 Å². The number of aryl methyl sites for hydroxylation is 1. The van der Waals surface area contributed by atoms with Crippen LogP contribution in [0.1, 0.15) is 33.9 Å². The van der Waals surface area contributed by atoms with Crippen molar-refractivity contribution in [1.82, 2.24) is 10.3 Å². The molecule has 0 amide bonds. The highest BCUT2D eigenvalue weighted by Crippen LogP contribution is 2.41. The molecule has 9 nitrogen and oxygen atoms in total. The lowest BCUT2D eigenvalue weighted by Gasteiger charge is -2.26. The fourth-order valence-corrected chi connectivity index (χ4v) is 3.50. The van der Waals surface area contributed by atoms with Gasteiger partial charge >= 0.3 is 0 Å². The number of hydrogen-bond donors (Lipinski definition) is 4. The second-order valence-corrected chi connectivity index (χ2v) is 7.20. The molecule has 1 aromatic heterocycles. The van der Waals surface area contributed by atoms with E-state index < -0.39 is 6.04 Å². The Kier molecular flexibility index (Phi) is 5.47. The van der Waals surface area contributed by atoms with Crippen molar-refractivity contribution >= 4 is 23.3 Å². The van der Waals surface area contributed by atoms with Crippen LogP contribution in [-0.2, 0) is 6.61 Å². The lowest BCUT2D eigenvalue weighted by atomic mass is 9.94. The maximum atomic E-state index is 9.47. The number of nitrogens with two attached hydrogens (primary N) is 2. The zero-order chi connectivity index (χ0) is 22.7. The molecule has 0 saturated carbocycles. The molecular weight excluding hydrogens is 404 g/mol. The molecule has 32 heavy (non-hydrogen) atoms. The number of nitrogens with zero attached hydrogens (tertiary/aromatic N) is 4. The number of ether oxygens (including phenoxy) is 1. The van der Waals surface area contributed by atoms with Gasteiger partial charge in [-0.1, -0.05) is 42.5 Å². The van der Waals surface area contributed by atoms with Crippen LogP contribution in [0.5, 0.6) is 5.75 Å². The van der Waals surface area contributed by atoms with E-state index in [-0.39, 0.29) is 23.0 Å². The molecule has 1 unspecified atom stereocenters. The standard InChI is InChI=1S/C23H20N8O/c1-13-7-8-15(9-17(13)32-11-14-5-3-2-4-6-14)20-18-19(26)16(10-24)21(27)30-22(18)31-23(29-20)28-12-25/h2-9,20H,11H2,1H3,(H6,26,27,28,29,30,31). The van der Waals surface area contributed by atoms with E-state index in [4.69, 9.17) is 21.5 Å². The van der Waals surface area contributed by atoms with Gasteiger partial charge < -0.3 is 21.5 Å². The zero-order valence-electron chi connectivity index (χ0n) is 17.3. The van der Waals surface area contributed by atoms with Crippen molar-refractivity contribution in [3.05, 3.63) is 76.3 Å². The Balaban J connectivity index is 1.77. The molecule has 0 radical (unpaired) electrons. The minimum atomic E-state index is -0.623. The Labute approximate surface area is 185 Å². The summed E-state index contributed by atoms with van der Waals surface area (Å²) >= 11 is 0. The summed E-state index contributed by atoms with van der Waals surface area (Å²) < 4.78 is 6.06. The van der Waals surface area contributed by atoms with Crippen LogP contribution < -0.4 is 26.8 Å². The second-order valence-electron chi connectivity index (χ2n) is 7.20. The molecule has 9 heteroatoms. The van der Waals surface area contributed by atoms with Crippen LogP contribution in [0.2, 0.25) is 0 Å². The Morgan fingerprint density at radius 1 is 1.16 bits per heavy atom. The third-order valence-electron chi connectivity index (χ3n) is 5.12. The van der Waals surface area contributed by atoms with Crippen LogP contribution in [-0.4, -0.2) is 10.9 Å². The van der Waals surface area contributed by atoms with Gasteiger partial charge in [-0.15, -0.1) is 0 Å². The quantitative estimate of drug-likeness (QED) is 0.367. The van der Waals surface area contributed by atoms with Gasteiger partial charge in [-0.2, -0.15) is 10.5 Å². The maximum Gasteiger partial charge on any atom is 0.211 e. The summed E-state index contributed by atoms with van der Waals surface area (Å²) in [6.07, 6.45) is 1.84. The average Bonchev–Trinajstić information content (AvgIpc) is 2.79. The molecule has 1 aliphatic heterocycles. The van der Waals surface area contributed by atoms with Gasteiger partial charge in [-0.25, -0.2) is 9.98 Å². The predicted octanol–water partition coefficient (Wildman–Crippen LogP) is 2.95. The Hall–Kier alpha value is -4.76. The van der Waals surface area contributed by atoms with Gasteiger partial charge in [0.15, 0.2) is 6.19 Å². The highest BCUT2D eigenvalue weighted by atomic mass is 16.5. The number of aromatic nitrogens is 1. The van der Waals surface area contributed by atoms with Crippen molar-refractivity contribution in [2.24, 2.45) is 4.99 Å². The molecule has 2 heterocycles. The molecule has 1 atom stereocenters. The highest BCUT2D eigenvalue weighted by molar-refractivity contribution is 5.98. The van der Waals surface area contributed by atoms with Gasteiger partial charge in [-0.05, 0) is 29.7 Å². The molecule has 158 valence electrons. The summed E-state index contributed by atoms with van der Waals surface area (Å²) in [5.41, 5.74) is 15.8. The van der Waals surface area contributed by atoms with E-state index in [1.807, 2.05) is 67.7 Å². The SMILES string of the molecule is Cc1ccc(C2N=C(NC#N)Nc3nc(N)c(C#N)c(N)c32)cc1OCc1ccccc1. The first kappa shape index (κ1) is 20.5. The first-order valence-electron chi connectivity index (χ1n) is 9.78. The second kappa shape index (κ2) is 8.54. The van der Waals surface area contributed by atoms with Gasteiger partial charge in [0.1, 0.15) is 41.7 Å². The van der Waals surface area contributed by atoms with Crippen molar-refractivity contribution in [3.8, 4) is 18.0 Å². The van der Waals surface area contributed by atoms with Crippen molar-refractivity contribution in [3.63, 3.8) is 0 Å². The third kappa shape index (κ3) is 3.83. The molecule has 6 N–H and O–H groups in total. The smallest absolute Gasteiger partial charge is 0.211 e. The maximum absolute atomic E-state index is 9.47. The number of fused-ring (bicyclic) bond motifs is 1. The van der Waals surface area contributed by atoms with Gasteiger partial charge in [0.05, 0.1) is 5.69 Å². The number of rotatable bonds is 4. The number of hydrogen-bond acceptors (Lipinski definition) is 9. The van der Waals surface area contributed by atoms with E-state index in [1.54, 1.807) is 0 Å². The monoisotopic (exact) mass is 424 g/mol. The fraction of sp³-hybridized carbons (Fsp3) is 0.130. The van der Waals surface area contributed by atoms with E-state index in [0.29, 0.717) is 23.7 Å². The summed E-state index contributed by atoms with van der Waals surface area (Å²) in [6, 6.07) is 16.9. The zero-order valence-corrected chi connectivity index (χ0v) is 17.3. The van der Waals surface area contributed by atoms with Crippen molar-refractivity contribution in [1.29, 1.82) is 10.5 Å². The molecule has 0 spiro atoms. The first-order chi connectivity index (χ1) is 15.5. The molecule has 0 bridgehead atoms. The van der Waals surface area contributed by atoms with Crippen LogP contribution >= 0.6 is 0 Å². The number of anilines is 3. The predicted molar refractivity (Wildman–Crippen MR) is 121 cm³/mol. The van der Waals surface area contributed by atoms with Gasteiger partial charge in [0.25, 0.3) is 0 Å². The number of nitriles is 2. The average molecular weight is 424 g/mol. The summed E-state index contributed by atoms with van der Waals surface area (Å²) in [4.78, 5) is 8.86. The Bertz CT molecular complexity index is 1290. The van der Waals surface area contributed by atoms with Gasteiger partial charge in [0, 0.05) is 5.56 Å². The number of benzene rings is 2. The summed E-state index contributed by atoms with van der Waals surface area (Å²) in [5, 5.41) is 23.9. The van der Waals surface area contributed by atoms with Crippen LogP contribution in [0.25, 0.3) is 0 Å². The molecule has 0 fully saturated rings. The van der Waals surface area contributed by atoms with Crippen molar-refractivity contribution in [2.75, 3.05) is 16.8 Å². The molecule has 0 saturated heterocycles. The first-order valence-corrected chi connectivity index (χ1v) is 9.78.